The summed E-state index contributed by atoms with van der Waals surface area (Å²) < 4.78 is 33.1. The van der Waals surface area contributed by atoms with Gasteiger partial charge in [-0.2, -0.15) is 0 Å². The fraction of sp³-hybridized carbons (Fsp3) is 0.238. The zero-order chi connectivity index (χ0) is 19.7. The van der Waals surface area contributed by atoms with E-state index in [0.29, 0.717) is 15.8 Å². The number of benzene rings is 2. The van der Waals surface area contributed by atoms with Gasteiger partial charge in [-0.25, -0.2) is 13.6 Å². The standard InChI is InChI=1S/C21H17F2NO3S/c22-15-5-8-18-14(9-15)10-19(28-18)21(26)27-12-20(25)24(16-6-7-16)11-13-3-1-2-4-17(13)23/h1-5,8-10,16H,6-7,11-12H2. The summed E-state index contributed by atoms with van der Waals surface area (Å²) >= 11 is 1.18. The molecule has 1 saturated carbocycles. The molecule has 4 nitrogen and oxygen atoms in total. The molecule has 1 aliphatic carbocycles. The number of thiophene rings is 1. The summed E-state index contributed by atoms with van der Waals surface area (Å²) in [6, 6.07) is 12.2. The van der Waals surface area contributed by atoms with Gasteiger partial charge in [-0.15, -0.1) is 11.3 Å². The van der Waals surface area contributed by atoms with Crippen LogP contribution in [0.15, 0.2) is 48.5 Å². The molecule has 28 heavy (non-hydrogen) atoms. The van der Waals surface area contributed by atoms with Gasteiger partial charge < -0.3 is 9.64 Å². The second-order valence-corrected chi connectivity index (χ2v) is 7.80. The third-order valence-corrected chi connectivity index (χ3v) is 5.71. The van der Waals surface area contributed by atoms with Gasteiger partial charge in [-0.1, -0.05) is 18.2 Å². The molecular formula is C21H17F2NO3S. The molecular weight excluding hydrogens is 384 g/mol. The maximum absolute atomic E-state index is 13.9. The van der Waals surface area contributed by atoms with Gasteiger partial charge in [0.15, 0.2) is 6.61 Å². The zero-order valence-electron chi connectivity index (χ0n) is 14.9. The van der Waals surface area contributed by atoms with Gasteiger partial charge in [-0.3, -0.25) is 4.79 Å². The summed E-state index contributed by atoms with van der Waals surface area (Å²) in [6.45, 7) is -0.262. The van der Waals surface area contributed by atoms with Gasteiger partial charge in [0.2, 0.25) is 0 Å². The topological polar surface area (TPSA) is 46.6 Å². The van der Waals surface area contributed by atoms with Crippen molar-refractivity contribution in [3.8, 4) is 0 Å². The molecule has 0 aliphatic heterocycles. The Hall–Kier alpha value is -2.80. The lowest BCUT2D eigenvalue weighted by Crippen LogP contribution is -2.36. The number of fused-ring (bicyclic) bond motifs is 1. The van der Waals surface area contributed by atoms with E-state index in [9.17, 15) is 18.4 Å². The molecule has 2 aromatic carbocycles. The Kier molecular flexibility index (Phi) is 5.09. The predicted octanol–water partition coefficient (Wildman–Crippen LogP) is 4.53. The Balaban J connectivity index is 1.41. The summed E-state index contributed by atoms with van der Waals surface area (Å²) in [7, 11) is 0. The number of carbonyl (C=O) groups excluding carboxylic acids is 2. The summed E-state index contributed by atoms with van der Waals surface area (Å²) in [5.41, 5.74) is 0.431. The van der Waals surface area contributed by atoms with Gasteiger partial charge in [0.1, 0.15) is 16.5 Å². The van der Waals surface area contributed by atoms with E-state index >= 15 is 0 Å². The summed E-state index contributed by atoms with van der Waals surface area (Å²) in [4.78, 5) is 26.7. The van der Waals surface area contributed by atoms with E-state index in [4.69, 9.17) is 4.74 Å². The minimum atomic E-state index is -0.628. The number of amides is 1. The van der Waals surface area contributed by atoms with Crippen molar-refractivity contribution >= 4 is 33.3 Å². The number of nitrogens with zero attached hydrogens (tertiary/aromatic N) is 1. The van der Waals surface area contributed by atoms with Crippen molar-refractivity contribution in [1.29, 1.82) is 0 Å². The highest BCUT2D eigenvalue weighted by Crippen LogP contribution is 2.29. The van der Waals surface area contributed by atoms with E-state index in [-0.39, 0.29) is 30.1 Å². The molecule has 1 amide bonds. The van der Waals surface area contributed by atoms with Crippen molar-refractivity contribution in [2.45, 2.75) is 25.4 Å². The SMILES string of the molecule is O=C(OCC(=O)N(Cc1ccccc1F)C1CC1)c1cc2cc(F)ccc2s1. The van der Waals surface area contributed by atoms with E-state index < -0.39 is 12.6 Å². The number of hydrogen-bond donors (Lipinski definition) is 0. The van der Waals surface area contributed by atoms with Crippen LogP contribution in [0.2, 0.25) is 0 Å². The van der Waals surface area contributed by atoms with Crippen LogP contribution in [0.25, 0.3) is 10.1 Å². The lowest BCUT2D eigenvalue weighted by molar-refractivity contribution is -0.135. The van der Waals surface area contributed by atoms with Crippen molar-refractivity contribution in [3.05, 3.63) is 70.6 Å². The quantitative estimate of drug-likeness (QED) is 0.570. The zero-order valence-corrected chi connectivity index (χ0v) is 15.7. The molecule has 0 unspecified atom stereocenters. The highest BCUT2D eigenvalue weighted by atomic mass is 32.1. The second-order valence-electron chi connectivity index (χ2n) is 6.71. The van der Waals surface area contributed by atoms with E-state index in [2.05, 4.69) is 0 Å². The normalized spacial score (nSPS) is 13.5. The molecule has 0 saturated heterocycles. The number of halogens is 2. The monoisotopic (exact) mass is 401 g/mol. The van der Waals surface area contributed by atoms with Gasteiger partial charge in [0, 0.05) is 22.8 Å². The molecule has 1 fully saturated rings. The Morgan fingerprint density at radius 1 is 1.11 bits per heavy atom. The molecule has 1 aromatic heterocycles. The lowest BCUT2D eigenvalue weighted by atomic mass is 10.2. The van der Waals surface area contributed by atoms with Crippen molar-refractivity contribution in [1.82, 2.24) is 4.90 Å². The Bertz CT molecular complexity index is 1050. The van der Waals surface area contributed by atoms with Crippen LogP contribution >= 0.6 is 11.3 Å². The van der Waals surface area contributed by atoms with Crippen LogP contribution in [0.1, 0.15) is 28.1 Å². The van der Waals surface area contributed by atoms with Crippen LogP contribution in [0, 0.1) is 11.6 Å². The number of carbonyl (C=O) groups is 2. The minimum Gasteiger partial charge on any atom is -0.451 e. The van der Waals surface area contributed by atoms with E-state index in [1.54, 1.807) is 35.2 Å². The molecule has 0 N–H and O–H groups in total. The fourth-order valence-electron chi connectivity index (χ4n) is 3.01. The number of hydrogen-bond acceptors (Lipinski definition) is 4. The van der Waals surface area contributed by atoms with Crippen molar-refractivity contribution in [3.63, 3.8) is 0 Å². The van der Waals surface area contributed by atoms with Gasteiger partial charge in [0.05, 0.1) is 0 Å². The number of esters is 1. The largest absolute Gasteiger partial charge is 0.451 e. The number of ether oxygens (including phenoxy) is 1. The molecule has 0 radical (unpaired) electrons. The van der Waals surface area contributed by atoms with Crippen LogP contribution in [-0.4, -0.2) is 29.4 Å². The third-order valence-electron chi connectivity index (χ3n) is 4.61. The van der Waals surface area contributed by atoms with Crippen LogP contribution < -0.4 is 0 Å². The first kappa shape index (κ1) is 18.6. The van der Waals surface area contributed by atoms with Crippen LogP contribution in [0.3, 0.4) is 0 Å². The maximum atomic E-state index is 13.9. The highest BCUT2D eigenvalue weighted by Gasteiger charge is 2.33. The maximum Gasteiger partial charge on any atom is 0.348 e. The summed E-state index contributed by atoms with van der Waals surface area (Å²) in [5.74, 6) is -1.73. The lowest BCUT2D eigenvalue weighted by Gasteiger charge is -2.22. The minimum absolute atomic E-state index is 0.0538. The van der Waals surface area contributed by atoms with Crippen LogP contribution in [-0.2, 0) is 16.1 Å². The highest BCUT2D eigenvalue weighted by molar-refractivity contribution is 7.20. The first-order valence-corrected chi connectivity index (χ1v) is 9.72. The first-order valence-electron chi connectivity index (χ1n) is 8.90. The van der Waals surface area contributed by atoms with E-state index in [1.807, 2.05) is 0 Å². The van der Waals surface area contributed by atoms with Crippen molar-refractivity contribution < 1.29 is 23.1 Å². The van der Waals surface area contributed by atoms with Crippen LogP contribution in [0.4, 0.5) is 8.78 Å². The van der Waals surface area contributed by atoms with Gasteiger partial charge in [-0.05, 0) is 48.6 Å². The molecule has 4 rings (SSSR count). The van der Waals surface area contributed by atoms with E-state index in [1.165, 1.54) is 29.5 Å². The van der Waals surface area contributed by atoms with Crippen molar-refractivity contribution in [2.24, 2.45) is 0 Å². The second kappa shape index (κ2) is 7.67. The first-order chi connectivity index (χ1) is 13.5. The third kappa shape index (κ3) is 4.04. The van der Waals surface area contributed by atoms with Gasteiger partial charge in [0.25, 0.3) is 5.91 Å². The molecule has 0 atom stereocenters. The van der Waals surface area contributed by atoms with Gasteiger partial charge >= 0.3 is 5.97 Å². The molecule has 0 bridgehead atoms. The fourth-order valence-corrected chi connectivity index (χ4v) is 3.95. The molecule has 1 heterocycles. The molecule has 7 heteroatoms. The summed E-state index contributed by atoms with van der Waals surface area (Å²) in [6.07, 6.45) is 1.71. The molecule has 0 spiro atoms. The number of rotatable bonds is 6. The Morgan fingerprint density at radius 3 is 2.64 bits per heavy atom. The van der Waals surface area contributed by atoms with Crippen molar-refractivity contribution in [2.75, 3.05) is 6.61 Å². The smallest absolute Gasteiger partial charge is 0.348 e. The average Bonchev–Trinajstić information content (AvgIpc) is 3.43. The molecule has 1 aliphatic rings. The average molecular weight is 401 g/mol. The Labute approximate surface area is 164 Å². The molecule has 3 aromatic rings. The summed E-state index contributed by atoms with van der Waals surface area (Å²) in [5, 5.41) is 0.613. The van der Waals surface area contributed by atoms with Crippen LogP contribution in [0.5, 0.6) is 0 Å². The predicted molar refractivity (Wildman–Crippen MR) is 102 cm³/mol. The molecule has 144 valence electrons. The van der Waals surface area contributed by atoms with E-state index in [0.717, 1.165) is 17.5 Å². The Morgan fingerprint density at radius 2 is 1.89 bits per heavy atom.